The van der Waals surface area contributed by atoms with Crippen LogP contribution < -0.4 is 0 Å². The van der Waals surface area contributed by atoms with E-state index in [0.717, 1.165) is 6.42 Å². The predicted molar refractivity (Wildman–Crippen MR) is 44.0 cm³/mol. The van der Waals surface area contributed by atoms with Gasteiger partial charge in [0.05, 0.1) is 0 Å². The number of hydrogen-bond acceptors (Lipinski definition) is 0. The Labute approximate surface area is 72.3 Å². The lowest BCUT2D eigenvalue weighted by atomic mass is 10.3. The van der Waals surface area contributed by atoms with Crippen LogP contribution in [-0.2, 0) is 0 Å². The van der Waals surface area contributed by atoms with Crippen molar-refractivity contribution in [2.24, 2.45) is 0 Å². The van der Waals surface area contributed by atoms with E-state index in [-0.39, 0.29) is 40.0 Å². The average molecular weight is 177 g/mol. The van der Waals surface area contributed by atoms with Crippen molar-refractivity contribution in [2.45, 2.75) is 19.8 Å². The maximum absolute atomic E-state index is 3.55. The molecule has 0 rings (SSSR count). The molecule has 0 nitrogen and oxygen atoms in total. The van der Waals surface area contributed by atoms with E-state index in [1.54, 1.807) is 0 Å². The molecule has 0 heterocycles. The Bertz CT molecular complexity index is 29.3. The molecule has 0 saturated heterocycles. The molecule has 0 N–H and O–H groups in total. The molecule has 0 bridgehead atoms. The van der Waals surface area contributed by atoms with E-state index in [2.05, 4.69) is 13.5 Å². The minimum absolute atomic E-state index is 0. The van der Waals surface area contributed by atoms with Crippen LogP contribution in [0.5, 0.6) is 0 Å². The first-order valence-electron chi connectivity index (χ1n) is 2.02. The van der Waals surface area contributed by atoms with Gasteiger partial charge in [0.2, 0.25) is 0 Å². The van der Waals surface area contributed by atoms with Gasteiger partial charge in [-0.05, 0) is 6.42 Å². The summed E-state index contributed by atoms with van der Waals surface area (Å²) in [4.78, 5) is 0. The zero-order valence-electron chi connectivity index (χ0n) is 4.11. The molecule has 0 radical (unpaired) electrons. The summed E-state index contributed by atoms with van der Waals surface area (Å²) in [6.07, 6.45) is 4.31. The molecule has 2 heteroatoms. The molecule has 0 atom stereocenters. The lowest BCUT2D eigenvalue weighted by molar-refractivity contribution is 0.961. The van der Waals surface area contributed by atoms with E-state index in [1.165, 1.54) is 6.42 Å². The Morgan fingerprint density at radius 2 is 2.00 bits per heavy atom. The van der Waals surface area contributed by atoms with Crippen LogP contribution in [0.3, 0.4) is 0 Å². The van der Waals surface area contributed by atoms with E-state index in [1.807, 2.05) is 6.08 Å². The SMILES string of the molecule is Br.C=CCCC.[MgH2]. The normalized spacial score (nSPS) is 5.29. The van der Waals surface area contributed by atoms with Crippen LogP contribution in [0.2, 0.25) is 0 Å². The third kappa shape index (κ3) is 19.5. The Kier molecular flexibility index (Phi) is 35.3. The van der Waals surface area contributed by atoms with Gasteiger partial charge in [0, 0.05) is 0 Å². The molecule has 0 aliphatic heterocycles. The maximum atomic E-state index is 3.55. The van der Waals surface area contributed by atoms with Gasteiger partial charge in [0.15, 0.2) is 0 Å². The number of allylic oxidation sites excluding steroid dienone is 1. The first-order chi connectivity index (χ1) is 2.41. The number of rotatable bonds is 2. The van der Waals surface area contributed by atoms with Gasteiger partial charge in [-0.15, -0.1) is 23.6 Å². The molecule has 0 saturated carbocycles. The largest absolute Gasteiger partial charge is 0.316 e. The Morgan fingerprint density at radius 3 is 2.00 bits per heavy atom. The fraction of sp³-hybridized carbons (Fsp3) is 0.600. The van der Waals surface area contributed by atoms with Gasteiger partial charge in [0.1, 0.15) is 0 Å². The molecular weight excluding hydrogens is 164 g/mol. The monoisotopic (exact) mass is 176 g/mol. The third-order valence-corrected chi connectivity index (χ3v) is 0.493. The second-order valence-corrected chi connectivity index (χ2v) is 1.08. The highest BCUT2D eigenvalue weighted by molar-refractivity contribution is 8.93. The zero-order valence-corrected chi connectivity index (χ0v) is 5.82. The molecule has 42 valence electrons. The number of halogens is 1. The predicted octanol–water partition coefficient (Wildman–Crippen LogP) is 1.63. The average Bonchev–Trinajstić information content (AvgIpc) is 1.41. The van der Waals surface area contributed by atoms with Gasteiger partial charge in [-0.1, -0.05) is 19.4 Å². The Balaban J connectivity index is -0.0000000800. The van der Waals surface area contributed by atoms with Crippen molar-refractivity contribution < 1.29 is 0 Å². The molecule has 7 heavy (non-hydrogen) atoms. The minimum Gasteiger partial charge on any atom is -0.114 e. The van der Waals surface area contributed by atoms with Gasteiger partial charge in [-0.3, -0.25) is 0 Å². The van der Waals surface area contributed by atoms with Crippen LogP contribution in [0.4, 0.5) is 0 Å². The minimum atomic E-state index is 0. The maximum Gasteiger partial charge on any atom is 0.316 e. The molecule has 0 fully saturated rings. The molecule has 0 aliphatic carbocycles. The summed E-state index contributed by atoms with van der Waals surface area (Å²) >= 11 is 0. The fourth-order valence-corrected chi connectivity index (χ4v) is 0.204. The molecule has 0 amide bonds. The van der Waals surface area contributed by atoms with Crippen molar-refractivity contribution >= 4 is 40.0 Å². The standard InChI is InChI=1S/C5H10.BrH.Mg.2H/c1-3-5-4-2;;;;/h3H,1,4-5H2,2H3;1H;;;. The molecule has 0 aliphatic rings. The molecule has 0 spiro atoms. The number of unbranched alkanes of at least 4 members (excludes halogenated alkanes) is 1. The van der Waals surface area contributed by atoms with Crippen molar-refractivity contribution in [3.8, 4) is 0 Å². The van der Waals surface area contributed by atoms with Gasteiger partial charge in [-0.25, -0.2) is 0 Å². The third-order valence-electron chi connectivity index (χ3n) is 0.493. The van der Waals surface area contributed by atoms with Crippen LogP contribution in [0.1, 0.15) is 19.8 Å². The lowest BCUT2D eigenvalue weighted by Crippen LogP contribution is -1.52. The summed E-state index contributed by atoms with van der Waals surface area (Å²) < 4.78 is 0. The van der Waals surface area contributed by atoms with Crippen LogP contribution in [0.15, 0.2) is 12.7 Å². The van der Waals surface area contributed by atoms with E-state index < -0.39 is 0 Å². The smallest absolute Gasteiger partial charge is 0.114 e. The molecule has 0 aromatic carbocycles. The quantitative estimate of drug-likeness (QED) is 0.444. The second-order valence-electron chi connectivity index (χ2n) is 1.08. The van der Waals surface area contributed by atoms with Crippen molar-refractivity contribution in [1.82, 2.24) is 0 Å². The topological polar surface area (TPSA) is 0 Å². The fourth-order valence-electron chi connectivity index (χ4n) is 0.204. The van der Waals surface area contributed by atoms with Crippen molar-refractivity contribution in [3.05, 3.63) is 12.7 Å². The summed E-state index contributed by atoms with van der Waals surface area (Å²) in [5.74, 6) is 0. The zero-order chi connectivity index (χ0) is 4.12. The van der Waals surface area contributed by atoms with E-state index >= 15 is 0 Å². The molecule has 0 aromatic heterocycles. The second kappa shape index (κ2) is 15.8. The van der Waals surface area contributed by atoms with Crippen LogP contribution >= 0.6 is 17.0 Å². The van der Waals surface area contributed by atoms with Crippen molar-refractivity contribution in [3.63, 3.8) is 0 Å². The summed E-state index contributed by atoms with van der Waals surface area (Å²) in [6.45, 7) is 5.69. The Morgan fingerprint density at radius 1 is 1.57 bits per heavy atom. The van der Waals surface area contributed by atoms with E-state index in [4.69, 9.17) is 0 Å². The first kappa shape index (κ1) is 15.7. The summed E-state index contributed by atoms with van der Waals surface area (Å²) in [7, 11) is 0. The molecular formula is C5H13BrMg. The van der Waals surface area contributed by atoms with Crippen LogP contribution in [-0.4, -0.2) is 23.1 Å². The van der Waals surface area contributed by atoms with Crippen LogP contribution in [0, 0.1) is 0 Å². The highest BCUT2D eigenvalue weighted by Crippen LogP contribution is 1.82. The van der Waals surface area contributed by atoms with E-state index in [0.29, 0.717) is 0 Å². The van der Waals surface area contributed by atoms with Gasteiger partial charge in [0.25, 0.3) is 0 Å². The van der Waals surface area contributed by atoms with Gasteiger partial charge in [-0.2, -0.15) is 0 Å². The number of hydrogen-bond donors (Lipinski definition) is 0. The van der Waals surface area contributed by atoms with Crippen molar-refractivity contribution in [1.29, 1.82) is 0 Å². The molecule has 0 aromatic rings. The summed E-state index contributed by atoms with van der Waals surface area (Å²) in [6, 6.07) is 0. The lowest BCUT2D eigenvalue weighted by Gasteiger charge is -1.72. The molecule has 0 unspecified atom stereocenters. The van der Waals surface area contributed by atoms with Gasteiger partial charge >= 0.3 is 23.1 Å². The summed E-state index contributed by atoms with van der Waals surface area (Å²) in [5.41, 5.74) is 0. The summed E-state index contributed by atoms with van der Waals surface area (Å²) in [5, 5.41) is 0. The van der Waals surface area contributed by atoms with Gasteiger partial charge < -0.3 is 0 Å². The highest BCUT2D eigenvalue weighted by atomic mass is 79.9. The first-order valence-corrected chi connectivity index (χ1v) is 2.02. The van der Waals surface area contributed by atoms with Crippen LogP contribution in [0.25, 0.3) is 0 Å². The highest BCUT2D eigenvalue weighted by Gasteiger charge is 1.61. The Hall–Kier alpha value is 0.986. The van der Waals surface area contributed by atoms with Crippen molar-refractivity contribution in [2.75, 3.05) is 0 Å². The van der Waals surface area contributed by atoms with E-state index in [9.17, 15) is 0 Å².